The van der Waals surface area contributed by atoms with Crippen molar-refractivity contribution in [1.29, 1.82) is 0 Å². The van der Waals surface area contributed by atoms with Crippen LogP contribution < -0.4 is 0 Å². The van der Waals surface area contributed by atoms with E-state index in [0.717, 1.165) is 67.2 Å². The van der Waals surface area contributed by atoms with E-state index in [0.29, 0.717) is 0 Å². The van der Waals surface area contributed by atoms with Crippen molar-refractivity contribution in [2.24, 2.45) is 0 Å². The van der Waals surface area contributed by atoms with Crippen LogP contribution in [0.1, 0.15) is 39.5 Å². The van der Waals surface area contributed by atoms with E-state index in [2.05, 4.69) is 153 Å². The van der Waals surface area contributed by atoms with E-state index in [4.69, 9.17) is 9.97 Å². The number of H-pyrrole nitrogens is 1. The summed E-state index contributed by atoms with van der Waals surface area (Å²) in [5.41, 5.74) is 16.1. The molecule has 216 valence electrons. The number of nitrogens with zero attached hydrogens (tertiary/aromatic N) is 2. The number of aromatic nitrogens is 3. The maximum atomic E-state index is 5.34. The number of rotatable bonds is 3. The Morgan fingerprint density at radius 1 is 0.467 bits per heavy atom. The Balaban J connectivity index is 1.52. The lowest BCUT2D eigenvalue weighted by Gasteiger charge is -2.07. The van der Waals surface area contributed by atoms with Gasteiger partial charge >= 0.3 is 0 Å². The normalized spacial score (nSPS) is 12.2. The van der Waals surface area contributed by atoms with Gasteiger partial charge in [0.25, 0.3) is 0 Å². The minimum atomic E-state index is 0.906. The number of thiophene rings is 1. The molecule has 0 fully saturated rings. The van der Waals surface area contributed by atoms with Crippen LogP contribution >= 0.6 is 11.3 Å². The van der Waals surface area contributed by atoms with Crippen LogP contribution in [0.5, 0.6) is 0 Å². The lowest BCUT2D eigenvalue weighted by molar-refractivity contribution is 1.28. The summed E-state index contributed by atoms with van der Waals surface area (Å²) in [4.78, 5) is 14.4. The number of benzene rings is 3. The van der Waals surface area contributed by atoms with Gasteiger partial charge in [0.15, 0.2) is 0 Å². The molecule has 0 radical (unpaired) electrons. The van der Waals surface area contributed by atoms with Gasteiger partial charge in [-0.25, -0.2) is 9.97 Å². The van der Waals surface area contributed by atoms with Gasteiger partial charge in [-0.2, -0.15) is 0 Å². The predicted molar refractivity (Wildman–Crippen MR) is 193 cm³/mol. The molecular formula is C41H31N3S. The quantitative estimate of drug-likeness (QED) is 0.220. The van der Waals surface area contributed by atoms with E-state index in [9.17, 15) is 0 Å². The van der Waals surface area contributed by atoms with Gasteiger partial charge in [-0.1, -0.05) is 89.5 Å². The summed E-state index contributed by atoms with van der Waals surface area (Å²) in [6.45, 7) is 6.36. The van der Waals surface area contributed by atoms with Crippen LogP contribution in [0, 0.1) is 20.8 Å². The summed E-state index contributed by atoms with van der Waals surface area (Å²) in [6, 6.07) is 37.1. The molecule has 4 heteroatoms. The van der Waals surface area contributed by atoms with Crippen LogP contribution in [-0.2, 0) is 0 Å². The van der Waals surface area contributed by atoms with E-state index in [1.165, 1.54) is 26.1 Å². The highest BCUT2D eigenvalue weighted by Gasteiger charge is 2.18. The smallest absolute Gasteiger partial charge is 0.0738 e. The molecule has 2 aliphatic rings. The first-order chi connectivity index (χ1) is 22.0. The molecule has 6 aromatic rings. The van der Waals surface area contributed by atoms with Crippen LogP contribution in [0.2, 0.25) is 0 Å². The Hall–Kier alpha value is -5.32. The number of nitrogens with one attached hydrogen (secondary N) is 1. The molecule has 2 aliphatic heterocycles. The van der Waals surface area contributed by atoms with E-state index in [1.54, 1.807) is 11.3 Å². The Morgan fingerprint density at radius 3 is 1.49 bits per heavy atom. The lowest BCUT2D eigenvalue weighted by Crippen LogP contribution is -1.91. The van der Waals surface area contributed by atoms with Crippen molar-refractivity contribution < 1.29 is 0 Å². The summed E-state index contributed by atoms with van der Waals surface area (Å²) in [5.74, 6) is 0. The minimum Gasteiger partial charge on any atom is -0.355 e. The van der Waals surface area contributed by atoms with Gasteiger partial charge < -0.3 is 4.98 Å². The third-order valence-corrected chi connectivity index (χ3v) is 9.52. The fraction of sp³-hybridized carbons (Fsp3) is 0.0732. The molecule has 0 atom stereocenters. The fourth-order valence-corrected chi connectivity index (χ4v) is 7.12. The maximum Gasteiger partial charge on any atom is 0.0738 e. The summed E-state index contributed by atoms with van der Waals surface area (Å²) in [6.07, 6.45) is 8.58. The number of aromatic amines is 1. The van der Waals surface area contributed by atoms with Crippen molar-refractivity contribution in [2.45, 2.75) is 20.8 Å². The van der Waals surface area contributed by atoms with Gasteiger partial charge in [0.2, 0.25) is 0 Å². The number of hydrogen-bond acceptors (Lipinski definition) is 3. The molecule has 3 nitrogen and oxygen atoms in total. The molecule has 8 rings (SSSR count). The standard InChI is InChI=1S/C41H31N3S/c1-25-4-10-28(11-5-25)39-33-18-16-31(42-33)24-32-17-23-38(45-32)41(30-14-8-27(3)9-15-30)37-22-21-36(44-37)40(35-20-19-34(39)43-35)29-12-6-26(2)7-13-29/h4-24,42H,1-3H3. The zero-order valence-electron chi connectivity index (χ0n) is 25.4. The molecule has 0 unspecified atom stereocenters. The molecule has 0 saturated carbocycles. The summed E-state index contributed by atoms with van der Waals surface area (Å²) in [7, 11) is 0. The highest BCUT2D eigenvalue weighted by molar-refractivity contribution is 7.23. The Kier molecular flexibility index (Phi) is 6.66. The second-order valence-electron chi connectivity index (χ2n) is 11.8. The molecule has 45 heavy (non-hydrogen) atoms. The largest absolute Gasteiger partial charge is 0.355 e. The predicted octanol–water partition coefficient (Wildman–Crippen LogP) is 11.3. The van der Waals surface area contributed by atoms with Gasteiger partial charge in [0, 0.05) is 37.1 Å². The zero-order chi connectivity index (χ0) is 30.5. The molecule has 0 aliphatic carbocycles. The summed E-state index contributed by atoms with van der Waals surface area (Å²) >= 11 is 1.79. The van der Waals surface area contributed by atoms with Gasteiger partial charge in [0.1, 0.15) is 0 Å². The zero-order valence-corrected chi connectivity index (χ0v) is 26.2. The van der Waals surface area contributed by atoms with Crippen molar-refractivity contribution in [3.05, 3.63) is 143 Å². The molecule has 0 spiro atoms. The van der Waals surface area contributed by atoms with Gasteiger partial charge in [0.05, 0.1) is 22.8 Å². The van der Waals surface area contributed by atoms with E-state index >= 15 is 0 Å². The second-order valence-corrected chi connectivity index (χ2v) is 12.9. The van der Waals surface area contributed by atoms with Crippen molar-refractivity contribution >= 4 is 56.1 Å². The monoisotopic (exact) mass is 597 g/mol. The fourth-order valence-electron chi connectivity index (χ4n) is 6.09. The van der Waals surface area contributed by atoms with Crippen molar-refractivity contribution in [2.75, 3.05) is 0 Å². The number of fused-ring (bicyclic) bond motifs is 8. The Bertz CT molecular complexity index is 2170. The second kappa shape index (κ2) is 11.0. The summed E-state index contributed by atoms with van der Waals surface area (Å²) < 4.78 is 2.37. The average Bonchev–Trinajstić information content (AvgIpc) is 3.87. The topological polar surface area (TPSA) is 41.6 Å². The third-order valence-electron chi connectivity index (χ3n) is 8.47. The SMILES string of the molecule is Cc1ccc(-c2c3nc(c(-c4ccc(C)cc4)c4ccc(cc5ccc(s5)c(-c5ccc(C)cc5)c5nc2C=C5)[nH]4)C=C3)cc1. The Morgan fingerprint density at radius 2 is 0.933 bits per heavy atom. The maximum absolute atomic E-state index is 5.34. The Labute approximate surface area is 267 Å². The first kappa shape index (κ1) is 27.2. The van der Waals surface area contributed by atoms with Gasteiger partial charge in [-0.15, -0.1) is 11.3 Å². The first-order valence-electron chi connectivity index (χ1n) is 15.2. The third kappa shape index (κ3) is 5.13. The first-order valence-corrected chi connectivity index (χ1v) is 16.1. The molecule has 8 bridgehead atoms. The molecular weight excluding hydrogens is 567 g/mol. The van der Waals surface area contributed by atoms with Crippen LogP contribution in [0.15, 0.2) is 103 Å². The van der Waals surface area contributed by atoms with E-state index in [1.807, 2.05) is 0 Å². The van der Waals surface area contributed by atoms with Crippen molar-refractivity contribution in [3.8, 4) is 33.4 Å². The van der Waals surface area contributed by atoms with Crippen LogP contribution in [0.25, 0.3) is 78.1 Å². The van der Waals surface area contributed by atoms with Gasteiger partial charge in [-0.05, 0) is 92.1 Å². The molecule has 3 aromatic heterocycles. The summed E-state index contributed by atoms with van der Waals surface area (Å²) in [5, 5.41) is 0. The lowest BCUT2D eigenvalue weighted by atomic mass is 10.0. The van der Waals surface area contributed by atoms with Crippen molar-refractivity contribution in [3.63, 3.8) is 0 Å². The van der Waals surface area contributed by atoms with Crippen molar-refractivity contribution in [1.82, 2.24) is 15.0 Å². The van der Waals surface area contributed by atoms with E-state index in [-0.39, 0.29) is 0 Å². The average molecular weight is 598 g/mol. The minimum absolute atomic E-state index is 0.906. The molecule has 5 heterocycles. The highest BCUT2D eigenvalue weighted by Crippen LogP contribution is 2.38. The van der Waals surface area contributed by atoms with Crippen LogP contribution in [0.4, 0.5) is 0 Å². The van der Waals surface area contributed by atoms with Crippen LogP contribution in [-0.4, -0.2) is 15.0 Å². The van der Waals surface area contributed by atoms with E-state index < -0.39 is 0 Å². The van der Waals surface area contributed by atoms with Crippen LogP contribution in [0.3, 0.4) is 0 Å². The molecule has 0 amide bonds. The highest BCUT2D eigenvalue weighted by atomic mass is 32.1. The molecule has 1 N–H and O–H groups in total. The number of aryl methyl sites for hydroxylation is 3. The molecule has 0 saturated heterocycles. The number of hydrogen-bond donors (Lipinski definition) is 1. The molecule has 3 aromatic carbocycles. The van der Waals surface area contributed by atoms with Gasteiger partial charge in [-0.3, -0.25) is 0 Å².